The SMILES string of the molecule is CC(C)[C@@H](N/C(=N/S(=O)(=O)c1ccc(C(F)(F)F)cc1)N1CC[C@@H](c2ccccc2)C(c2ccc(Cl)cc2)=N1)C(=O)O. The fourth-order valence-corrected chi connectivity index (χ4v) is 5.55. The van der Waals surface area contributed by atoms with E-state index in [1.54, 1.807) is 38.1 Å². The molecule has 2 N–H and O–H groups in total. The van der Waals surface area contributed by atoms with Gasteiger partial charge in [0.1, 0.15) is 6.04 Å². The van der Waals surface area contributed by atoms with Gasteiger partial charge in [-0.3, -0.25) is 0 Å². The van der Waals surface area contributed by atoms with Gasteiger partial charge in [-0.15, -0.1) is 4.40 Å². The van der Waals surface area contributed by atoms with Gasteiger partial charge in [0.2, 0.25) is 5.96 Å². The summed E-state index contributed by atoms with van der Waals surface area (Å²) in [4.78, 5) is 11.5. The summed E-state index contributed by atoms with van der Waals surface area (Å²) >= 11 is 6.10. The first-order valence-electron chi connectivity index (χ1n) is 12.9. The van der Waals surface area contributed by atoms with Gasteiger partial charge in [-0.05, 0) is 59.9 Å². The third kappa shape index (κ3) is 7.29. The Kier molecular flexibility index (Phi) is 9.27. The van der Waals surface area contributed by atoms with E-state index >= 15 is 0 Å². The van der Waals surface area contributed by atoms with Gasteiger partial charge in [-0.1, -0.05) is 67.9 Å². The number of nitrogens with zero attached hydrogens (tertiary/aromatic N) is 3. The Labute approximate surface area is 246 Å². The van der Waals surface area contributed by atoms with Gasteiger partial charge in [-0.25, -0.2) is 9.80 Å². The summed E-state index contributed by atoms with van der Waals surface area (Å²) in [5.41, 5.74) is 1.23. The molecule has 4 rings (SSSR count). The first-order chi connectivity index (χ1) is 19.8. The van der Waals surface area contributed by atoms with Crippen LogP contribution in [-0.4, -0.2) is 48.8 Å². The molecule has 0 unspecified atom stereocenters. The molecule has 3 aromatic rings. The molecule has 0 saturated heterocycles. The van der Waals surface area contributed by atoms with Crippen molar-refractivity contribution >= 4 is 39.3 Å². The van der Waals surface area contributed by atoms with Crippen molar-refractivity contribution in [1.82, 2.24) is 10.3 Å². The van der Waals surface area contributed by atoms with Gasteiger partial charge in [0.25, 0.3) is 10.0 Å². The Morgan fingerprint density at radius 3 is 2.21 bits per heavy atom. The molecular weight excluding hydrogens is 593 g/mol. The van der Waals surface area contributed by atoms with Crippen LogP contribution in [0.1, 0.15) is 42.9 Å². The number of halogens is 4. The number of carbonyl (C=O) groups is 1. The van der Waals surface area contributed by atoms with E-state index in [0.717, 1.165) is 17.7 Å². The van der Waals surface area contributed by atoms with Crippen molar-refractivity contribution in [2.75, 3.05) is 6.54 Å². The Morgan fingerprint density at radius 2 is 1.67 bits per heavy atom. The van der Waals surface area contributed by atoms with Crippen LogP contribution in [-0.2, 0) is 21.0 Å². The number of sulfonamides is 1. The minimum Gasteiger partial charge on any atom is -0.480 e. The summed E-state index contributed by atoms with van der Waals surface area (Å²) in [6.45, 7) is 3.44. The second-order valence-electron chi connectivity index (χ2n) is 9.98. The van der Waals surface area contributed by atoms with E-state index in [-0.39, 0.29) is 18.4 Å². The molecule has 1 aliphatic heterocycles. The monoisotopic (exact) mass is 620 g/mol. The van der Waals surface area contributed by atoms with E-state index in [0.29, 0.717) is 34.9 Å². The van der Waals surface area contributed by atoms with Crippen LogP contribution >= 0.6 is 11.6 Å². The lowest BCUT2D eigenvalue weighted by molar-refractivity contribution is -0.140. The maximum Gasteiger partial charge on any atom is 0.416 e. The molecule has 0 spiro atoms. The number of carboxylic acids is 1. The molecule has 0 aromatic heterocycles. The van der Waals surface area contributed by atoms with Crippen LogP contribution in [0.5, 0.6) is 0 Å². The summed E-state index contributed by atoms with van der Waals surface area (Å²) in [7, 11) is -4.58. The standard InChI is InChI=1S/C29H28ClF3N4O4S/c1-18(2)25(27(38)39)34-28(36-42(40,41)23-14-10-21(11-15-23)29(31,32)33)37-17-16-24(19-6-4-3-5-7-19)26(35-37)20-8-12-22(30)13-9-20/h3-15,18,24-25H,16-17H2,1-2H3,(H,34,36)(H,38,39)/t24-,25+/m0/s1. The molecule has 0 amide bonds. The van der Waals surface area contributed by atoms with Gasteiger partial charge >= 0.3 is 12.1 Å². The van der Waals surface area contributed by atoms with Gasteiger partial charge < -0.3 is 10.4 Å². The minimum absolute atomic E-state index is 0.162. The number of alkyl halides is 3. The fourth-order valence-electron chi connectivity index (χ4n) is 4.46. The number of carboxylic acid groups (broad SMARTS) is 1. The van der Waals surface area contributed by atoms with E-state index in [1.165, 1.54) is 5.01 Å². The lowest BCUT2D eigenvalue weighted by Gasteiger charge is -2.33. The largest absolute Gasteiger partial charge is 0.480 e. The highest BCUT2D eigenvalue weighted by Crippen LogP contribution is 2.32. The maximum atomic E-state index is 13.3. The molecule has 0 saturated carbocycles. The fraction of sp³-hybridized carbons (Fsp3) is 0.276. The molecule has 222 valence electrons. The van der Waals surface area contributed by atoms with Gasteiger partial charge in [0, 0.05) is 17.5 Å². The number of benzene rings is 3. The van der Waals surface area contributed by atoms with Crippen molar-refractivity contribution in [2.24, 2.45) is 15.4 Å². The van der Waals surface area contributed by atoms with Gasteiger partial charge in [-0.2, -0.15) is 26.7 Å². The Bertz CT molecular complexity index is 1580. The van der Waals surface area contributed by atoms with Crippen LogP contribution in [0.15, 0.2) is 93.3 Å². The number of guanidine groups is 1. The number of hydrazone groups is 1. The van der Waals surface area contributed by atoms with Crippen molar-refractivity contribution in [3.05, 3.63) is 101 Å². The zero-order chi connectivity index (χ0) is 30.7. The number of nitrogens with one attached hydrogen (secondary N) is 1. The van der Waals surface area contributed by atoms with Crippen molar-refractivity contribution in [3.63, 3.8) is 0 Å². The molecule has 0 aliphatic carbocycles. The smallest absolute Gasteiger partial charge is 0.416 e. The molecule has 0 bridgehead atoms. The number of aliphatic carboxylic acids is 1. The summed E-state index contributed by atoms with van der Waals surface area (Å²) in [6, 6.07) is 18.2. The van der Waals surface area contributed by atoms with Crippen LogP contribution in [0.3, 0.4) is 0 Å². The molecule has 42 heavy (non-hydrogen) atoms. The quantitative estimate of drug-likeness (QED) is 0.248. The second-order valence-corrected chi connectivity index (χ2v) is 12.0. The van der Waals surface area contributed by atoms with Gasteiger partial charge in [0.05, 0.1) is 16.2 Å². The first-order valence-corrected chi connectivity index (χ1v) is 14.8. The summed E-state index contributed by atoms with van der Waals surface area (Å²) in [5, 5.41) is 19.1. The molecular formula is C29H28ClF3N4O4S. The average Bonchev–Trinajstić information content (AvgIpc) is 2.95. The van der Waals surface area contributed by atoms with Crippen LogP contribution in [0.2, 0.25) is 5.02 Å². The first kappa shape index (κ1) is 31.0. The van der Waals surface area contributed by atoms with E-state index in [1.807, 2.05) is 30.3 Å². The Hall–Kier alpha value is -3.90. The van der Waals surface area contributed by atoms with Crippen LogP contribution in [0.25, 0.3) is 0 Å². The van der Waals surface area contributed by atoms with Crippen LogP contribution < -0.4 is 5.32 Å². The van der Waals surface area contributed by atoms with Crippen molar-refractivity contribution in [1.29, 1.82) is 0 Å². The highest BCUT2D eigenvalue weighted by Gasteiger charge is 2.33. The van der Waals surface area contributed by atoms with E-state index < -0.39 is 44.6 Å². The molecule has 0 fully saturated rings. The molecule has 3 aromatic carbocycles. The molecule has 1 heterocycles. The third-order valence-corrected chi connectivity index (χ3v) is 8.21. The molecule has 8 nitrogen and oxygen atoms in total. The van der Waals surface area contributed by atoms with Gasteiger partial charge in [0.15, 0.2) is 0 Å². The third-order valence-electron chi connectivity index (χ3n) is 6.68. The molecule has 2 atom stereocenters. The normalized spacial score (nSPS) is 17.1. The van der Waals surface area contributed by atoms with Crippen molar-refractivity contribution in [2.45, 2.75) is 43.3 Å². The molecule has 1 aliphatic rings. The summed E-state index contributed by atoms with van der Waals surface area (Å²) in [6.07, 6.45) is -4.19. The highest BCUT2D eigenvalue weighted by molar-refractivity contribution is 7.90. The lowest BCUT2D eigenvalue weighted by Crippen LogP contribution is -2.51. The van der Waals surface area contributed by atoms with Crippen molar-refractivity contribution < 1.29 is 31.5 Å². The molecule has 0 radical (unpaired) electrons. The highest BCUT2D eigenvalue weighted by atomic mass is 35.5. The minimum atomic E-state index is -4.65. The molecule has 13 heteroatoms. The van der Waals surface area contributed by atoms with Crippen LogP contribution in [0.4, 0.5) is 13.2 Å². The van der Waals surface area contributed by atoms with E-state index in [2.05, 4.69) is 9.71 Å². The summed E-state index contributed by atoms with van der Waals surface area (Å²) < 4.78 is 69.6. The Morgan fingerprint density at radius 1 is 1.05 bits per heavy atom. The maximum absolute atomic E-state index is 13.3. The Balaban J connectivity index is 1.83. The second kappa shape index (κ2) is 12.5. The average molecular weight is 621 g/mol. The van der Waals surface area contributed by atoms with Crippen LogP contribution in [0, 0.1) is 5.92 Å². The predicted octanol–water partition coefficient (Wildman–Crippen LogP) is 6.00. The predicted molar refractivity (Wildman–Crippen MR) is 154 cm³/mol. The summed E-state index contributed by atoms with van der Waals surface area (Å²) in [5.74, 6) is -2.28. The van der Waals surface area contributed by atoms with E-state index in [9.17, 15) is 31.5 Å². The van der Waals surface area contributed by atoms with Crippen molar-refractivity contribution in [3.8, 4) is 0 Å². The zero-order valence-electron chi connectivity index (χ0n) is 22.6. The lowest BCUT2D eigenvalue weighted by atomic mass is 9.86. The number of hydrogen-bond acceptors (Lipinski definition) is 4. The number of rotatable bonds is 7. The number of hydrogen-bond donors (Lipinski definition) is 2. The zero-order valence-corrected chi connectivity index (χ0v) is 24.2. The van der Waals surface area contributed by atoms with E-state index in [4.69, 9.17) is 16.7 Å². The topological polar surface area (TPSA) is 111 Å².